The van der Waals surface area contributed by atoms with E-state index in [0.29, 0.717) is 12.5 Å². The zero-order valence-corrected chi connectivity index (χ0v) is 9.62. The number of rotatable bonds is 3. The normalized spacial score (nSPS) is 23.9. The number of amides is 1. The van der Waals surface area contributed by atoms with Crippen molar-refractivity contribution >= 4 is 6.09 Å². The summed E-state index contributed by atoms with van der Waals surface area (Å²) in [6, 6.07) is 9.82. The van der Waals surface area contributed by atoms with Gasteiger partial charge in [0.1, 0.15) is 0 Å². The van der Waals surface area contributed by atoms with Gasteiger partial charge in [-0.1, -0.05) is 30.3 Å². The molecule has 0 spiro atoms. The molecule has 1 aromatic rings. The second-order valence-corrected chi connectivity index (χ2v) is 4.56. The molecule has 0 bridgehead atoms. The van der Waals surface area contributed by atoms with Gasteiger partial charge in [-0.05, 0) is 24.3 Å². The maximum Gasteiger partial charge on any atom is 0.407 e. The highest BCUT2D eigenvalue weighted by atomic mass is 16.4. The van der Waals surface area contributed by atoms with Crippen LogP contribution in [0.4, 0.5) is 4.79 Å². The fraction of sp³-hybridized carbons (Fsp3) is 0.462. The molecule has 1 fully saturated rings. The minimum atomic E-state index is -0.931. The summed E-state index contributed by atoms with van der Waals surface area (Å²) in [6.45, 7) is 0.438. The quantitative estimate of drug-likeness (QED) is 0.836. The van der Waals surface area contributed by atoms with Crippen LogP contribution in [-0.4, -0.2) is 40.4 Å². The van der Waals surface area contributed by atoms with E-state index in [4.69, 9.17) is 10.2 Å². The van der Waals surface area contributed by atoms with Crippen molar-refractivity contribution < 1.29 is 15.0 Å². The van der Waals surface area contributed by atoms with E-state index in [1.165, 1.54) is 10.5 Å². The molecule has 0 aliphatic carbocycles. The molecule has 0 radical (unpaired) electrons. The van der Waals surface area contributed by atoms with Crippen molar-refractivity contribution in [1.82, 2.24) is 4.90 Å². The molecule has 17 heavy (non-hydrogen) atoms. The Labute approximate surface area is 100 Å². The monoisotopic (exact) mass is 235 g/mol. The predicted molar refractivity (Wildman–Crippen MR) is 63.9 cm³/mol. The van der Waals surface area contributed by atoms with Gasteiger partial charge in [0.05, 0.1) is 12.6 Å². The zero-order chi connectivity index (χ0) is 12.3. The van der Waals surface area contributed by atoms with E-state index >= 15 is 0 Å². The minimum Gasteiger partial charge on any atom is -0.465 e. The lowest BCUT2D eigenvalue weighted by molar-refractivity contribution is 0.118. The molecular formula is C13H17NO3. The summed E-state index contributed by atoms with van der Waals surface area (Å²) in [5.74, 6) is 0.311. The summed E-state index contributed by atoms with van der Waals surface area (Å²) in [4.78, 5) is 12.3. The van der Waals surface area contributed by atoms with Crippen LogP contribution in [0.5, 0.6) is 0 Å². The van der Waals surface area contributed by atoms with Gasteiger partial charge < -0.3 is 15.1 Å². The van der Waals surface area contributed by atoms with E-state index in [2.05, 4.69) is 12.1 Å². The molecule has 92 valence electrons. The van der Waals surface area contributed by atoms with Crippen LogP contribution < -0.4 is 0 Å². The average Bonchev–Trinajstić information content (AvgIpc) is 2.73. The van der Waals surface area contributed by atoms with Crippen LogP contribution in [0, 0.1) is 5.92 Å². The Kier molecular flexibility index (Phi) is 3.64. The van der Waals surface area contributed by atoms with Crippen molar-refractivity contribution in [3.8, 4) is 0 Å². The van der Waals surface area contributed by atoms with Gasteiger partial charge in [0.2, 0.25) is 0 Å². The Hall–Kier alpha value is -1.55. The van der Waals surface area contributed by atoms with Crippen LogP contribution in [-0.2, 0) is 6.42 Å². The first-order chi connectivity index (χ1) is 8.20. The second-order valence-electron chi connectivity index (χ2n) is 4.56. The largest absolute Gasteiger partial charge is 0.465 e. The van der Waals surface area contributed by atoms with Crippen LogP contribution in [0.15, 0.2) is 30.3 Å². The maximum absolute atomic E-state index is 11.0. The molecule has 2 rings (SSSR count). The topological polar surface area (TPSA) is 60.8 Å². The first kappa shape index (κ1) is 11.9. The van der Waals surface area contributed by atoms with E-state index in [-0.39, 0.29) is 12.6 Å². The third kappa shape index (κ3) is 2.77. The van der Waals surface area contributed by atoms with Gasteiger partial charge in [-0.2, -0.15) is 0 Å². The molecule has 2 unspecified atom stereocenters. The Morgan fingerprint density at radius 2 is 2.06 bits per heavy atom. The number of nitrogens with zero attached hydrogens (tertiary/aromatic N) is 1. The third-order valence-corrected chi connectivity index (χ3v) is 3.32. The van der Waals surface area contributed by atoms with E-state index in [0.717, 1.165) is 12.8 Å². The maximum atomic E-state index is 11.0. The third-order valence-electron chi connectivity index (χ3n) is 3.32. The summed E-state index contributed by atoms with van der Waals surface area (Å²) < 4.78 is 0. The Morgan fingerprint density at radius 1 is 1.35 bits per heavy atom. The number of carbonyl (C=O) groups is 1. The summed E-state index contributed by atoms with van der Waals surface area (Å²) in [6.07, 6.45) is 0.693. The van der Waals surface area contributed by atoms with E-state index < -0.39 is 6.09 Å². The first-order valence-corrected chi connectivity index (χ1v) is 5.85. The molecule has 2 atom stereocenters. The molecule has 0 aromatic heterocycles. The predicted octanol–water partition coefficient (Wildman–Crippen LogP) is 1.59. The van der Waals surface area contributed by atoms with Gasteiger partial charge >= 0.3 is 6.09 Å². The highest BCUT2D eigenvalue weighted by Gasteiger charge is 2.34. The number of hydrogen-bond donors (Lipinski definition) is 2. The molecule has 2 N–H and O–H groups in total. The lowest BCUT2D eigenvalue weighted by atomic mass is 9.97. The van der Waals surface area contributed by atoms with Crippen LogP contribution >= 0.6 is 0 Å². The molecular weight excluding hydrogens is 218 g/mol. The van der Waals surface area contributed by atoms with Gasteiger partial charge in [-0.3, -0.25) is 0 Å². The Morgan fingerprint density at radius 3 is 2.59 bits per heavy atom. The second kappa shape index (κ2) is 5.19. The van der Waals surface area contributed by atoms with Crippen LogP contribution in [0.25, 0.3) is 0 Å². The number of aliphatic hydroxyl groups is 1. The van der Waals surface area contributed by atoms with Gasteiger partial charge in [-0.15, -0.1) is 0 Å². The number of benzene rings is 1. The van der Waals surface area contributed by atoms with Crippen molar-refractivity contribution in [2.24, 2.45) is 5.92 Å². The SMILES string of the molecule is O=C(O)N1CC(Cc2ccccc2)CC1CO. The van der Waals surface area contributed by atoms with E-state index in [1.807, 2.05) is 18.2 Å². The van der Waals surface area contributed by atoms with Crippen LogP contribution in [0.2, 0.25) is 0 Å². The lowest BCUT2D eigenvalue weighted by Crippen LogP contribution is -2.36. The highest BCUT2D eigenvalue weighted by molar-refractivity contribution is 5.65. The van der Waals surface area contributed by atoms with Crippen molar-refractivity contribution in [3.05, 3.63) is 35.9 Å². The number of aliphatic hydroxyl groups excluding tert-OH is 1. The van der Waals surface area contributed by atoms with Gasteiger partial charge in [0, 0.05) is 6.54 Å². The van der Waals surface area contributed by atoms with Crippen molar-refractivity contribution in [2.75, 3.05) is 13.2 Å². The summed E-state index contributed by atoms with van der Waals surface area (Å²) in [5.41, 5.74) is 1.22. The fourth-order valence-electron chi connectivity index (χ4n) is 2.52. The minimum absolute atomic E-state index is 0.0857. The molecule has 1 aliphatic heterocycles. The molecule has 1 heterocycles. The summed E-state index contributed by atoms with van der Waals surface area (Å²) in [5, 5.41) is 18.2. The number of likely N-dealkylation sites (tertiary alicyclic amines) is 1. The number of carboxylic acid groups (broad SMARTS) is 1. The standard InChI is InChI=1S/C13H17NO3/c15-9-12-7-11(8-14(12)13(16)17)6-10-4-2-1-3-5-10/h1-5,11-12,15H,6-9H2,(H,16,17). The van der Waals surface area contributed by atoms with Crippen molar-refractivity contribution in [3.63, 3.8) is 0 Å². The van der Waals surface area contributed by atoms with Crippen LogP contribution in [0.3, 0.4) is 0 Å². The average molecular weight is 235 g/mol. The van der Waals surface area contributed by atoms with Crippen molar-refractivity contribution in [1.29, 1.82) is 0 Å². The highest BCUT2D eigenvalue weighted by Crippen LogP contribution is 2.26. The van der Waals surface area contributed by atoms with Gasteiger partial charge in [-0.25, -0.2) is 4.79 Å². The smallest absolute Gasteiger partial charge is 0.407 e. The zero-order valence-electron chi connectivity index (χ0n) is 9.62. The Bertz CT molecular complexity index is 380. The van der Waals surface area contributed by atoms with E-state index in [9.17, 15) is 4.79 Å². The molecule has 4 heteroatoms. The molecule has 1 aromatic carbocycles. The van der Waals surface area contributed by atoms with Crippen LogP contribution in [0.1, 0.15) is 12.0 Å². The summed E-state index contributed by atoms with van der Waals surface area (Å²) >= 11 is 0. The molecule has 1 saturated heterocycles. The Balaban J connectivity index is 1.99. The lowest BCUT2D eigenvalue weighted by Gasteiger charge is -2.18. The molecule has 1 aliphatic rings. The van der Waals surface area contributed by atoms with Gasteiger partial charge in [0.15, 0.2) is 0 Å². The van der Waals surface area contributed by atoms with E-state index in [1.54, 1.807) is 0 Å². The molecule has 4 nitrogen and oxygen atoms in total. The number of hydrogen-bond acceptors (Lipinski definition) is 2. The van der Waals surface area contributed by atoms with Crippen molar-refractivity contribution in [2.45, 2.75) is 18.9 Å². The fourth-order valence-corrected chi connectivity index (χ4v) is 2.52. The van der Waals surface area contributed by atoms with Gasteiger partial charge in [0.25, 0.3) is 0 Å². The summed E-state index contributed by atoms with van der Waals surface area (Å²) in [7, 11) is 0. The first-order valence-electron chi connectivity index (χ1n) is 5.85. The molecule has 0 saturated carbocycles. The molecule has 1 amide bonds.